The largest absolute Gasteiger partial charge is 0.341 e. The van der Waals surface area contributed by atoms with Gasteiger partial charge in [0, 0.05) is 5.69 Å². The van der Waals surface area contributed by atoms with Crippen molar-refractivity contribution < 1.29 is 22.0 Å². The third kappa shape index (κ3) is 3.36. The van der Waals surface area contributed by atoms with E-state index in [1.54, 1.807) is 6.07 Å². The highest BCUT2D eigenvalue weighted by atomic mass is 32.2. The van der Waals surface area contributed by atoms with Gasteiger partial charge in [-0.05, 0) is 47.1 Å². The minimum Gasteiger partial charge on any atom is -0.322 e. The smallest absolute Gasteiger partial charge is 0.322 e. The van der Waals surface area contributed by atoms with Crippen LogP contribution < -0.4 is 5.32 Å². The van der Waals surface area contributed by atoms with E-state index in [4.69, 9.17) is 0 Å². The normalized spacial score (nSPS) is 18.4. The fraction of sp³-hybridized carbons (Fsp3) is 0.350. The average Bonchev–Trinajstić information content (AvgIpc) is 2.84. The predicted molar refractivity (Wildman–Crippen MR) is 100 cm³/mol. The van der Waals surface area contributed by atoms with Gasteiger partial charge in [0.1, 0.15) is 0 Å². The number of carbonyl (C=O) groups excluding carboxylic acids is 1. The summed E-state index contributed by atoms with van der Waals surface area (Å²) in [6.45, 7) is 6.33. The topological polar surface area (TPSA) is 63.2 Å². The highest BCUT2D eigenvalue weighted by Gasteiger charge is 2.36. The van der Waals surface area contributed by atoms with Crippen LogP contribution in [-0.2, 0) is 15.3 Å². The van der Waals surface area contributed by atoms with Crippen molar-refractivity contribution >= 4 is 21.4 Å². The molecule has 27 heavy (non-hydrogen) atoms. The van der Waals surface area contributed by atoms with Crippen LogP contribution in [0.2, 0.25) is 0 Å². The van der Waals surface area contributed by atoms with E-state index in [0.717, 1.165) is 23.6 Å². The molecule has 1 unspecified atom stereocenters. The summed E-state index contributed by atoms with van der Waals surface area (Å²) >= 11 is 0. The fourth-order valence-electron chi connectivity index (χ4n) is 3.96. The quantitative estimate of drug-likeness (QED) is 0.818. The first-order valence-corrected chi connectivity index (χ1v) is 10.2. The lowest BCUT2D eigenvalue weighted by Gasteiger charge is -2.19. The Balaban J connectivity index is 2.02. The fourth-order valence-corrected chi connectivity index (χ4v) is 4.89. The van der Waals surface area contributed by atoms with Crippen LogP contribution in [0.3, 0.4) is 0 Å². The van der Waals surface area contributed by atoms with Gasteiger partial charge in [-0.25, -0.2) is 8.42 Å². The van der Waals surface area contributed by atoms with Crippen LogP contribution in [0.15, 0.2) is 47.4 Å². The number of rotatable bonds is 4. The number of hydrogen-bond donors (Lipinski definition) is 1. The maximum absolute atomic E-state index is 13.0. The Hall–Kier alpha value is -2.28. The van der Waals surface area contributed by atoms with Crippen molar-refractivity contribution in [3.05, 3.63) is 59.2 Å². The molecule has 7 heteroatoms. The molecule has 0 aromatic heterocycles. The summed E-state index contributed by atoms with van der Waals surface area (Å²) in [6.07, 6.45) is 0.922. The van der Waals surface area contributed by atoms with Crippen molar-refractivity contribution in [3.63, 3.8) is 0 Å². The van der Waals surface area contributed by atoms with Crippen LogP contribution >= 0.6 is 0 Å². The molecule has 4 nitrogen and oxygen atoms in total. The second-order valence-corrected chi connectivity index (χ2v) is 9.40. The molecule has 0 fully saturated rings. The van der Waals surface area contributed by atoms with Crippen molar-refractivity contribution in [2.24, 2.45) is 0 Å². The van der Waals surface area contributed by atoms with Gasteiger partial charge in [0.15, 0.2) is 0 Å². The summed E-state index contributed by atoms with van der Waals surface area (Å²) in [4.78, 5) is 12.1. The van der Waals surface area contributed by atoms with E-state index >= 15 is 0 Å². The molecule has 1 atom stereocenters. The molecule has 144 valence electrons. The van der Waals surface area contributed by atoms with E-state index < -0.39 is 26.4 Å². The third-order valence-corrected chi connectivity index (χ3v) is 6.50. The van der Waals surface area contributed by atoms with Gasteiger partial charge in [-0.15, -0.1) is 0 Å². The van der Waals surface area contributed by atoms with Gasteiger partial charge < -0.3 is 5.32 Å². The molecule has 1 N–H and O–H groups in total. The van der Waals surface area contributed by atoms with E-state index in [2.05, 4.69) is 26.1 Å². The van der Waals surface area contributed by atoms with Gasteiger partial charge in [0.05, 0.1) is 10.5 Å². The zero-order valence-electron chi connectivity index (χ0n) is 15.3. The molecule has 0 aliphatic heterocycles. The molecule has 0 heterocycles. The first-order chi connectivity index (χ1) is 12.6. The number of sulfone groups is 1. The Labute approximate surface area is 157 Å². The second-order valence-electron chi connectivity index (χ2n) is 7.51. The van der Waals surface area contributed by atoms with E-state index in [9.17, 15) is 22.0 Å². The Kier molecular flexibility index (Phi) is 4.84. The molecule has 2 aromatic rings. The third-order valence-electron chi connectivity index (χ3n) is 5.07. The number of nitrogens with one attached hydrogen (secondary N) is 1. The van der Waals surface area contributed by atoms with Gasteiger partial charge in [-0.2, -0.15) is 8.78 Å². The summed E-state index contributed by atoms with van der Waals surface area (Å²) in [5, 5.41) is 2.73. The van der Waals surface area contributed by atoms with Gasteiger partial charge in [0.2, 0.25) is 9.84 Å². The minimum absolute atomic E-state index is 0.0353. The predicted octanol–water partition coefficient (Wildman–Crippen LogP) is 4.72. The van der Waals surface area contributed by atoms with Crippen molar-refractivity contribution in [2.45, 2.75) is 49.2 Å². The highest BCUT2D eigenvalue weighted by Crippen LogP contribution is 2.48. The lowest BCUT2D eigenvalue weighted by molar-refractivity contribution is 0.102. The first-order valence-electron chi connectivity index (χ1n) is 8.61. The molecule has 0 saturated heterocycles. The lowest BCUT2D eigenvalue weighted by Crippen LogP contribution is -2.20. The van der Waals surface area contributed by atoms with Gasteiger partial charge >= 0.3 is 5.76 Å². The van der Waals surface area contributed by atoms with Crippen LogP contribution in [0.4, 0.5) is 14.5 Å². The van der Waals surface area contributed by atoms with Gasteiger partial charge in [-0.1, -0.05) is 45.0 Å². The molecule has 1 aliphatic rings. The molecular formula is C20H21F2NO3S. The van der Waals surface area contributed by atoms with Crippen LogP contribution in [0.25, 0.3) is 0 Å². The number of benzene rings is 2. The Morgan fingerprint density at radius 1 is 1.15 bits per heavy atom. The SMILES string of the molecule is CC1CC(C)(C)c2cccc(NC(=O)c3ccccc3S(=O)(=O)C(F)F)c21. The molecule has 0 saturated carbocycles. The number of hydrogen-bond acceptors (Lipinski definition) is 3. The van der Waals surface area contributed by atoms with E-state index in [1.165, 1.54) is 18.2 Å². The van der Waals surface area contributed by atoms with Crippen molar-refractivity contribution in [3.8, 4) is 0 Å². The van der Waals surface area contributed by atoms with Gasteiger partial charge in [-0.3, -0.25) is 4.79 Å². The zero-order chi connectivity index (χ0) is 20.0. The monoisotopic (exact) mass is 393 g/mol. The van der Waals surface area contributed by atoms with Crippen LogP contribution in [0, 0.1) is 0 Å². The number of fused-ring (bicyclic) bond motifs is 1. The maximum atomic E-state index is 13.0. The number of amides is 1. The Morgan fingerprint density at radius 2 is 1.81 bits per heavy atom. The molecule has 3 rings (SSSR count). The Bertz CT molecular complexity index is 1000. The highest BCUT2D eigenvalue weighted by molar-refractivity contribution is 7.91. The summed E-state index contributed by atoms with van der Waals surface area (Å²) in [5.41, 5.74) is 2.39. The van der Waals surface area contributed by atoms with Gasteiger partial charge in [0.25, 0.3) is 5.91 Å². The summed E-state index contributed by atoms with van der Waals surface area (Å²) in [5.74, 6) is -4.10. The number of anilines is 1. The lowest BCUT2D eigenvalue weighted by atomic mass is 9.86. The Morgan fingerprint density at radius 3 is 2.48 bits per heavy atom. The maximum Gasteiger partial charge on any atom is 0.341 e. The molecule has 1 aliphatic carbocycles. The number of carbonyl (C=O) groups is 1. The summed E-state index contributed by atoms with van der Waals surface area (Å²) < 4.78 is 49.7. The molecule has 0 bridgehead atoms. The molecule has 0 radical (unpaired) electrons. The average molecular weight is 393 g/mol. The summed E-state index contributed by atoms with van der Waals surface area (Å²) in [7, 11) is -4.88. The van der Waals surface area contributed by atoms with Crippen LogP contribution in [0.5, 0.6) is 0 Å². The van der Waals surface area contributed by atoms with Crippen LogP contribution in [-0.4, -0.2) is 20.1 Å². The number of halogens is 2. The standard InChI is InChI=1S/C20H21F2NO3S/c1-12-11-20(2,3)14-8-6-9-15(17(12)14)23-18(24)13-7-4-5-10-16(13)27(25,26)19(21)22/h4-10,12,19H,11H2,1-3H3,(H,23,24). The molecule has 1 amide bonds. The molecule has 2 aromatic carbocycles. The van der Waals surface area contributed by atoms with E-state index in [-0.39, 0.29) is 16.9 Å². The van der Waals surface area contributed by atoms with Crippen LogP contribution in [0.1, 0.15) is 54.6 Å². The zero-order valence-corrected chi connectivity index (χ0v) is 16.1. The van der Waals surface area contributed by atoms with E-state index in [1.807, 2.05) is 12.1 Å². The number of alkyl halides is 2. The molecular weight excluding hydrogens is 372 g/mol. The second kappa shape index (κ2) is 6.71. The minimum atomic E-state index is -4.88. The first kappa shape index (κ1) is 19.5. The van der Waals surface area contributed by atoms with E-state index in [0.29, 0.717) is 5.69 Å². The summed E-state index contributed by atoms with van der Waals surface area (Å²) in [6, 6.07) is 10.6. The van der Waals surface area contributed by atoms with Crippen molar-refractivity contribution in [1.29, 1.82) is 0 Å². The van der Waals surface area contributed by atoms with Crippen molar-refractivity contribution in [2.75, 3.05) is 5.32 Å². The molecule has 0 spiro atoms. The van der Waals surface area contributed by atoms with Crippen molar-refractivity contribution in [1.82, 2.24) is 0 Å².